The van der Waals surface area contributed by atoms with Gasteiger partial charge >= 0.3 is 5.97 Å². The minimum Gasteiger partial charge on any atom is -0.468 e. The lowest BCUT2D eigenvalue weighted by Gasteiger charge is -2.37. The highest BCUT2D eigenvalue weighted by Crippen LogP contribution is 2.45. The zero-order valence-electron chi connectivity index (χ0n) is 16.0. The number of nitrogens with zero attached hydrogens (tertiary/aromatic N) is 2. The molecule has 1 aliphatic rings. The second-order valence-electron chi connectivity index (χ2n) is 7.16. The fourth-order valence-electron chi connectivity index (χ4n) is 3.63. The highest BCUT2D eigenvalue weighted by Gasteiger charge is 2.58. The van der Waals surface area contributed by atoms with Gasteiger partial charge < -0.3 is 9.64 Å². The molecule has 0 aliphatic carbocycles. The van der Waals surface area contributed by atoms with Gasteiger partial charge in [0.15, 0.2) is 5.41 Å². The molecule has 1 aliphatic heterocycles. The number of pyridine rings is 1. The molecule has 1 aromatic carbocycles. The van der Waals surface area contributed by atoms with Gasteiger partial charge in [-0.15, -0.1) is 0 Å². The van der Waals surface area contributed by atoms with E-state index >= 15 is 0 Å². The third-order valence-corrected chi connectivity index (χ3v) is 5.22. The lowest BCUT2D eigenvalue weighted by molar-refractivity contribution is -0.153. The normalized spacial score (nSPS) is 19.6. The number of carbonyl (C=O) groups excluding carboxylic acids is 2. The van der Waals surface area contributed by atoms with Gasteiger partial charge in [0.25, 0.3) is 5.91 Å². The molecule has 1 aromatic heterocycles. The van der Waals surface area contributed by atoms with Crippen molar-refractivity contribution in [2.45, 2.75) is 31.7 Å². The Bertz CT molecular complexity index is 953. The summed E-state index contributed by atoms with van der Waals surface area (Å²) in [6.07, 6.45) is 1.53. The molecule has 1 amide bonds. The summed E-state index contributed by atoms with van der Waals surface area (Å²) >= 11 is 0. The van der Waals surface area contributed by atoms with Crippen molar-refractivity contribution in [2.24, 2.45) is 0 Å². The van der Waals surface area contributed by atoms with Gasteiger partial charge in [-0.05, 0) is 49.6 Å². The monoisotopic (exact) mass is 386 g/mol. The van der Waals surface area contributed by atoms with E-state index in [0.717, 1.165) is 12.1 Å². The highest BCUT2D eigenvalue weighted by atomic mass is 19.1. The molecule has 1 atom stereocenters. The molecule has 0 N–H and O–H groups in total. The average molecular weight is 386 g/mol. The molecule has 0 fully saturated rings. The Morgan fingerprint density at radius 2 is 1.71 bits per heavy atom. The maximum Gasteiger partial charge on any atom is 0.330 e. The highest BCUT2D eigenvalue weighted by molar-refractivity contribution is 6.14. The molecule has 0 saturated heterocycles. The number of ether oxygens (including phenoxy) is 1. The molecular weight excluding hydrogens is 366 g/mol. The number of rotatable bonds is 4. The van der Waals surface area contributed by atoms with E-state index in [1.165, 1.54) is 18.2 Å². The lowest BCUT2D eigenvalue weighted by atomic mass is 9.75. The van der Waals surface area contributed by atoms with Gasteiger partial charge in [0, 0.05) is 6.20 Å². The van der Waals surface area contributed by atoms with Crippen molar-refractivity contribution < 1.29 is 23.1 Å². The Balaban J connectivity index is 2.16. The number of methoxy groups -OCH3 is 1. The number of amides is 1. The first-order valence-electron chi connectivity index (χ1n) is 8.66. The van der Waals surface area contributed by atoms with Gasteiger partial charge in [0.2, 0.25) is 11.9 Å². The maximum atomic E-state index is 13.7. The summed E-state index contributed by atoms with van der Waals surface area (Å²) < 4.78 is 32.3. The molecule has 2 heterocycles. The Morgan fingerprint density at radius 1 is 1.14 bits per heavy atom. The van der Waals surface area contributed by atoms with Gasteiger partial charge in [-0.25, -0.2) is 0 Å². The number of aromatic nitrogens is 1. The van der Waals surface area contributed by atoms with E-state index in [1.54, 1.807) is 51.1 Å². The van der Waals surface area contributed by atoms with Crippen molar-refractivity contribution in [3.63, 3.8) is 0 Å². The summed E-state index contributed by atoms with van der Waals surface area (Å²) in [7, 11) is 1.22. The molecule has 7 heteroatoms. The van der Waals surface area contributed by atoms with Crippen LogP contribution in [0.5, 0.6) is 0 Å². The summed E-state index contributed by atoms with van der Waals surface area (Å²) in [4.78, 5) is 30.9. The molecule has 0 saturated carbocycles. The fourth-order valence-corrected chi connectivity index (χ4v) is 3.63. The van der Waals surface area contributed by atoms with Crippen LogP contribution in [0, 0.1) is 11.9 Å². The number of hydrogen-bond acceptors (Lipinski definition) is 4. The number of hydrogen-bond donors (Lipinski definition) is 0. The van der Waals surface area contributed by atoms with Crippen molar-refractivity contribution in [2.75, 3.05) is 7.11 Å². The second kappa shape index (κ2) is 6.82. The molecule has 0 spiro atoms. The van der Waals surface area contributed by atoms with Gasteiger partial charge in [-0.3, -0.25) is 9.59 Å². The van der Waals surface area contributed by atoms with Crippen molar-refractivity contribution in [3.05, 3.63) is 77.3 Å². The van der Waals surface area contributed by atoms with Crippen LogP contribution in [-0.2, 0) is 25.3 Å². The third kappa shape index (κ3) is 2.78. The predicted molar refractivity (Wildman–Crippen MR) is 97.9 cm³/mol. The summed E-state index contributed by atoms with van der Waals surface area (Å²) in [5.74, 6) is -3.25. The Kier molecular flexibility index (Phi) is 4.79. The zero-order valence-corrected chi connectivity index (χ0v) is 16.0. The molecule has 146 valence electrons. The van der Waals surface area contributed by atoms with Gasteiger partial charge in [0.05, 0.1) is 12.6 Å². The van der Waals surface area contributed by atoms with Crippen molar-refractivity contribution in [1.29, 1.82) is 0 Å². The van der Waals surface area contributed by atoms with Crippen LogP contribution in [0.15, 0.2) is 54.2 Å². The quantitative estimate of drug-likeness (QED) is 0.459. The standard InChI is InChI=1S/C21H20F2N2O3/c1-13-12-25(20(2,3)15-10-16(22)24-17(23)11-15)18(26)21(13,19(27)28-4)14-8-6-5-7-9-14/h5-12H,1-4H3. The van der Waals surface area contributed by atoms with Crippen LogP contribution in [-0.4, -0.2) is 28.9 Å². The van der Waals surface area contributed by atoms with E-state index in [2.05, 4.69) is 4.98 Å². The summed E-state index contributed by atoms with van der Waals surface area (Å²) in [5, 5.41) is 0. The van der Waals surface area contributed by atoms with Crippen LogP contribution < -0.4 is 0 Å². The molecule has 0 bridgehead atoms. The fraction of sp³-hybridized carbons (Fsp3) is 0.286. The first-order valence-corrected chi connectivity index (χ1v) is 8.66. The average Bonchev–Trinajstić information content (AvgIpc) is 2.93. The van der Waals surface area contributed by atoms with Gasteiger partial charge in [-0.1, -0.05) is 30.3 Å². The van der Waals surface area contributed by atoms with E-state index in [-0.39, 0.29) is 5.56 Å². The van der Waals surface area contributed by atoms with Gasteiger partial charge in [-0.2, -0.15) is 13.8 Å². The smallest absolute Gasteiger partial charge is 0.330 e. The molecule has 5 nitrogen and oxygen atoms in total. The van der Waals surface area contributed by atoms with E-state index in [4.69, 9.17) is 4.74 Å². The predicted octanol–water partition coefficient (Wildman–Crippen LogP) is 3.45. The number of halogens is 2. The molecule has 1 unspecified atom stereocenters. The lowest BCUT2D eigenvalue weighted by Crippen LogP contribution is -2.51. The van der Waals surface area contributed by atoms with Crippen LogP contribution in [0.25, 0.3) is 0 Å². The van der Waals surface area contributed by atoms with E-state index < -0.39 is 34.7 Å². The van der Waals surface area contributed by atoms with E-state index in [1.807, 2.05) is 0 Å². The van der Waals surface area contributed by atoms with Crippen molar-refractivity contribution in [3.8, 4) is 0 Å². The van der Waals surface area contributed by atoms with Crippen molar-refractivity contribution in [1.82, 2.24) is 9.88 Å². The van der Waals surface area contributed by atoms with Crippen LogP contribution >= 0.6 is 0 Å². The third-order valence-electron chi connectivity index (χ3n) is 5.22. The van der Waals surface area contributed by atoms with Crippen LogP contribution in [0.4, 0.5) is 8.78 Å². The largest absolute Gasteiger partial charge is 0.468 e. The Morgan fingerprint density at radius 3 is 2.25 bits per heavy atom. The summed E-state index contributed by atoms with van der Waals surface area (Å²) in [5.41, 5.74) is -1.67. The number of benzene rings is 1. The summed E-state index contributed by atoms with van der Waals surface area (Å²) in [6, 6.07) is 10.7. The molecule has 0 radical (unpaired) electrons. The minimum atomic E-state index is -1.66. The minimum absolute atomic E-state index is 0.212. The van der Waals surface area contributed by atoms with Crippen LogP contribution in [0.2, 0.25) is 0 Å². The molecule has 28 heavy (non-hydrogen) atoms. The van der Waals surface area contributed by atoms with Gasteiger partial charge in [0.1, 0.15) is 0 Å². The van der Waals surface area contributed by atoms with E-state index in [9.17, 15) is 18.4 Å². The van der Waals surface area contributed by atoms with Crippen molar-refractivity contribution >= 4 is 11.9 Å². The Labute approximate surface area is 161 Å². The first-order chi connectivity index (χ1) is 13.1. The maximum absolute atomic E-state index is 13.7. The number of carbonyl (C=O) groups is 2. The number of esters is 1. The molecular formula is C21H20F2N2O3. The SMILES string of the molecule is COC(=O)C1(c2ccccc2)C(=O)N(C(C)(C)c2cc(F)nc(F)c2)C=C1C. The zero-order chi connectivity index (χ0) is 20.7. The van der Waals surface area contributed by atoms with Crippen LogP contribution in [0.1, 0.15) is 31.9 Å². The molecule has 2 aromatic rings. The topological polar surface area (TPSA) is 59.5 Å². The second-order valence-corrected chi connectivity index (χ2v) is 7.16. The Hall–Kier alpha value is -3.09. The molecule has 3 rings (SSSR count). The van der Waals surface area contributed by atoms with Crippen LogP contribution in [0.3, 0.4) is 0 Å². The van der Waals surface area contributed by atoms with E-state index in [0.29, 0.717) is 11.1 Å². The summed E-state index contributed by atoms with van der Waals surface area (Å²) in [6.45, 7) is 4.94. The first kappa shape index (κ1) is 19.7.